The maximum absolute atomic E-state index is 15.4. The predicted molar refractivity (Wildman–Crippen MR) is 318 cm³/mol. The number of benzene rings is 4. The molecular weight excluding hydrogens is 1050 g/mol. The fourth-order valence-corrected chi connectivity index (χ4v) is 10.1. The van der Waals surface area contributed by atoms with Gasteiger partial charge in [0.1, 0.15) is 11.4 Å². The summed E-state index contributed by atoms with van der Waals surface area (Å²) in [5, 5.41) is 0. The summed E-state index contributed by atoms with van der Waals surface area (Å²) < 4.78 is 0.948. The summed E-state index contributed by atoms with van der Waals surface area (Å²) in [6, 6.07) is 36.2. The molecule has 0 N–H and O–H groups in total. The molecule has 8 heteroatoms. The van der Waals surface area contributed by atoms with Crippen LogP contribution >= 0.6 is 15.9 Å². The molecule has 0 saturated carbocycles. The standard InChI is InChI=1S/C68H75BrN4O2.Cu/c1-63(2,3)42-29-39(30-43(35-42)64(4,5)6)56-51-24-23-49(70-51)55(38-19-21-48(69)22-20-38)50-25-27-53(71-50)57(40-31-44(65(7,8)9)36-45(32-40)66(10,11)12)59-61(74)62(75)60(73-59)58(54-28-26-52(56)72-54)41-33-46(67(13,14)15)37-47(34-41)68(16,17)18;/h19-37H,1-18H3,(H2,70,71,72,73,74,75);/q;+2/p-2. The monoisotopic (exact) mass is 1120 g/mol. The molecule has 1 radical (unpaired) electrons. The molecule has 0 saturated heterocycles. The number of halogens is 1. The number of nitrogens with zero attached hydrogens (tertiary/aromatic N) is 4. The Morgan fingerprint density at radius 1 is 0.342 bits per heavy atom. The first-order chi connectivity index (χ1) is 34.7. The van der Waals surface area contributed by atoms with Crippen LogP contribution in [0.5, 0.6) is 0 Å². The van der Waals surface area contributed by atoms with Crippen LogP contribution < -0.4 is 9.97 Å². The summed E-state index contributed by atoms with van der Waals surface area (Å²) in [5.74, 6) is -1.36. The number of hydrogen-bond donors (Lipinski definition) is 0. The zero-order valence-electron chi connectivity index (χ0n) is 47.8. The Balaban J connectivity index is 0.00000765. The van der Waals surface area contributed by atoms with Crippen molar-refractivity contribution in [3.05, 3.63) is 164 Å². The summed E-state index contributed by atoms with van der Waals surface area (Å²) in [6.07, 6.45) is 4.18. The Morgan fingerprint density at radius 3 is 0.895 bits per heavy atom. The number of Topliss-reactive ketones (excluding diaryl/α,β-unsaturated/α-hetero) is 2. The van der Waals surface area contributed by atoms with Crippen molar-refractivity contribution in [1.82, 2.24) is 19.9 Å². The van der Waals surface area contributed by atoms with Crippen LogP contribution in [-0.4, -0.2) is 21.5 Å². The number of carbonyl (C=O) groups excluding carboxylic acids is 2. The van der Waals surface area contributed by atoms with Crippen LogP contribution in [0.3, 0.4) is 0 Å². The number of fused-ring (bicyclic) bond motifs is 8. The van der Waals surface area contributed by atoms with E-state index in [1.807, 2.05) is 36.4 Å². The van der Waals surface area contributed by atoms with Gasteiger partial charge in [-0.15, -0.1) is 22.1 Å². The molecule has 395 valence electrons. The zero-order valence-corrected chi connectivity index (χ0v) is 50.3. The Labute approximate surface area is 470 Å². The third-order valence-corrected chi connectivity index (χ3v) is 15.3. The van der Waals surface area contributed by atoms with Crippen LogP contribution in [0.25, 0.3) is 78.7 Å². The second-order valence-corrected chi connectivity index (χ2v) is 27.9. The molecule has 0 amide bonds. The third kappa shape index (κ3) is 11.0. The fourth-order valence-electron chi connectivity index (χ4n) is 9.89. The molecule has 2 aliphatic rings. The predicted octanol–water partition coefficient (Wildman–Crippen LogP) is 18.0. The van der Waals surface area contributed by atoms with E-state index in [-0.39, 0.29) is 60.9 Å². The molecular formula is C68H73BrCuN4O2. The van der Waals surface area contributed by atoms with E-state index in [1.54, 1.807) is 0 Å². The topological polar surface area (TPSA) is 88.1 Å². The van der Waals surface area contributed by atoms with E-state index in [9.17, 15) is 0 Å². The largest absolute Gasteiger partial charge is 2.00 e. The van der Waals surface area contributed by atoms with E-state index in [4.69, 9.17) is 19.9 Å². The van der Waals surface area contributed by atoms with Gasteiger partial charge in [0.2, 0.25) is 0 Å². The molecule has 4 aromatic carbocycles. The van der Waals surface area contributed by atoms with Crippen molar-refractivity contribution < 1.29 is 26.7 Å². The average Bonchev–Trinajstić information content (AvgIpc) is 4.14. The average molecular weight is 1120 g/mol. The molecule has 0 atom stereocenters. The van der Waals surface area contributed by atoms with Gasteiger partial charge in [-0.2, -0.15) is 0 Å². The van der Waals surface area contributed by atoms with Gasteiger partial charge < -0.3 is 9.97 Å². The van der Waals surface area contributed by atoms with Crippen LogP contribution in [0, 0.1) is 0 Å². The number of carbonyl (C=O) groups is 2. The second kappa shape index (κ2) is 19.5. The van der Waals surface area contributed by atoms with E-state index in [1.165, 1.54) is 11.1 Å². The van der Waals surface area contributed by atoms with Crippen molar-refractivity contribution in [2.45, 2.75) is 157 Å². The van der Waals surface area contributed by atoms with Gasteiger partial charge in [-0.25, -0.2) is 9.97 Å². The van der Waals surface area contributed by atoms with Crippen molar-refractivity contribution in [1.29, 1.82) is 0 Å². The summed E-state index contributed by atoms with van der Waals surface area (Å²) in [7, 11) is 0. The quantitative estimate of drug-likeness (QED) is 0.129. The summed E-state index contributed by atoms with van der Waals surface area (Å²) in [4.78, 5) is 52.7. The van der Waals surface area contributed by atoms with E-state index in [2.05, 4.69) is 219 Å². The molecule has 9 rings (SSSR count). The minimum atomic E-state index is -0.681. The Kier molecular flexibility index (Phi) is 14.5. The van der Waals surface area contributed by atoms with Crippen molar-refractivity contribution >= 4 is 61.7 Å². The van der Waals surface area contributed by atoms with Gasteiger partial charge >= 0.3 is 17.1 Å². The van der Waals surface area contributed by atoms with Gasteiger partial charge in [-0.3, -0.25) is 9.59 Å². The molecule has 2 aliphatic heterocycles. The van der Waals surface area contributed by atoms with Gasteiger partial charge in [0.15, 0.2) is 0 Å². The molecule has 76 heavy (non-hydrogen) atoms. The number of aromatic nitrogens is 4. The maximum atomic E-state index is 15.4. The molecule has 3 aromatic heterocycles. The van der Waals surface area contributed by atoms with Crippen molar-refractivity contribution in [2.75, 3.05) is 0 Å². The second-order valence-electron chi connectivity index (χ2n) is 27.0. The van der Waals surface area contributed by atoms with E-state index < -0.39 is 11.6 Å². The molecule has 5 heterocycles. The van der Waals surface area contributed by atoms with Gasteiger partial charge in [0.25, 0.3) is 11.6 Å². The molecule has 0 unspecified atom stereocenters. The first-order valence-corrected chi connectivity index (χ1v) is 27.2. The van der Waals surface area contributed by atoms with Gasteiger partial charge in [0, 0.05) is 4.47 Å². The van der Waals surface area contributed by atoms with E-state index in [0.717, 1.165) is 71.5 Å². The minimum absolute atomic E-state index is 0. The van der Waals surface area contributed by atoms with E-state index >= 15 is 9.59 Å². The molecule has 0 aliphatic carbocycles. The van der Waals surface area contributed by atoms with Crippen molar-refractivity contribution in [3.8, 4) is 44.5 Å². The SMILES string of the molecule is CC(C)(C)c1cc(-c2c3nc(c(-c4ccc(Br)cc4)c4ccc([n-]4)c(-c4cc(C(C)(C)C)cc(C(C)(C)C)c4)c4nc(c(-c5cc(C(C)(C)C)cc(C(C)(C)C)c5)c5ccc2[n-]5)C(=O)C4=O)C=C3)cc(C(C)(C)C)c1.[Cu+2]. The van der Waals surface area contributed by atoms with Crippen LogP contribution in [0.4, 0.5) is 0 Å². The van der Waals surface area contributed by atoms with Crippen LogP contribution in [-0.2, 0) is 49.6 Å². The van der Waals surface area contributed by atoms with Gasteiger partial charge in [0.05, 0.1) is 11.4 Å². The molecule has 6 nitrogen and oxygen atoms in total. The van der Waals surface area contributed by atoms with Gasteiger partial charge in [-0.1, -0.05) is 232 Å². The first kappa shape index (κ1) is 56.3. The minimum Gasteiger partial charge on any atom is -0.657 e. The first-order valence-electron chi connectivity index (χ1n) is 26.4. The van der Waals surface area contributed by atoms with Crippen LogP contribution in [0.15, 0.2) is 108 Å². The molecule has 0 fully saturated rings. The number of rotatable bonds is 4. The molecule has 0 spiro atoms. The summed E-state index contributed by atoms with van der Waals surface area (Å²) in [6.45, 7) is 39.9. The van der Waals surface area contributed by atoms with Gasteiger partial charge in [-0.05, 0) is 135 Å². The van der Waals surface area contributed by atoms with E-state index in [0.29, 0.717) is 33.2 Å². The molecule has 7 aromatic rings. The normalized spacial score (nSPS) is 13.6. The Hall–Kier alpha value is -5.92. The maximum Gasteiger partial charge on any atom is 2.00 e. The Bertz CT molecular complexity index is 3600. The smallest absolute Gasteiger partial charge is 0.657 e. The molecule has 8 bridgehead atoms. The fraction of sp³-hybridized carbons (Fsp3) is 0.353. The Morgan fingerprint density at radius 2 is 0.605 bits per heavy atom. The van der Waals surface area contributed by atoms with Crippen molar-refractivity contribution in [3.63, 3.8) is 0 Å². The third-order valence-electron chi connectivity index (χ3n) is 14.8. The summed E-state index contributed by atoms with van der Waals surface area (Å²) >= 11 is 3.68. The zero-order chi connectivity index (χ0) is 54.7. The summed E-state index contributed by atoms with van der Waals surface area (Å²) in [5.41, 5.74) is 15.6. The van der Waals surface area contributed by atoms with Crippen molar-refractivity contribution in [2.24, 2.45) is 0 Å². The number of hydrogen-bond acceptors (Lipinski definition) is 4. The number of ketones is 2. The van der Waals surface area contributed by atoms with Crippen LogP contribution in [0.1, 0.15) is 190 Å². The van der Waals surface area contributed by atoms with Crippen LogP contribution in [0.2, 0.25) is 0 Å².